The van der Waals surface area contributed by atoms with Crippen LogP contribution in [0.1, 0.15) is 15.9 Å². The molecule has 0 aromatic heterocycles. The maximum Gasteiger partial charge on any atom is 0.272 e. The molecule has 0 saturated heterocycles. The minimum absolute atomic E-state index is 0.0325. The van der Waals surface area contributed by atoms with Gasteiger partial charge in [-0.2, -0.15) is 0 Å². The van der Waals surface area contributed by atoms with Crippen LogP contribution in [0.5, 0.6) is 11.5 Å². The molecule has 0 atom stereocenters. The summed E-state index contributed by atoms with van der Waals surface area (Å²) in [6.45, 7) is 0.948. The molecular formula is C32H25Cl2N3O5S. The number of fused-ring (bicyclic) bond motifs is 1. The van der Waals surface area contributed by atoms with E-state index in [-0.39, 0.29) is 22.4 Å². The van der Waals surface area contributed by atoms with Crippen molar-refractivity contribution < 1.29 is 23.9 Å². The van der Waals surface area contributed by atoms with Crippen LogP contribution in [-0.2, 0) is 9.59 Å². The highest BCUT2D eigenvalue weighted by Gasteiger charge is 2.17. The molecule has 1 aliphatic heterocycles. The molecule has 11 heteroatoms. The Morgan fingerprint density at radius 3 is 2.35 bits per heavy atom. The van der Waals surface area contributed by atoms with Gasteiger partial charge in [-0.3, -0.25) is 14.4 Å². The molecule has 1 heterocycles. The van der Waals surface area contributed by atoms with Gasteiger partial charge in [-0.25, -0.2) is 0 Å². The van der Waals surface area contributed by atoms with Gasteiger partial charge in [0.25, 0.3) is 11.8 Å². The number of anilines is 2. The van der Waals surface area contributed by atoms with E-state index in [0.29, 0.717) is 52.2 Å². The molecule has 43 heavy (non-hydrogen) atoms. The lowest BCUT2D eigenvalue weighted by molar-refractivity contribution is -0.114. The van der Waals surface area contributed by atoms with Crippen molar-refractivity contribution in [3.05, 3.63) is 118 Å². The number of carbonyl (C=O) groups is 3. The minimum atomic E-state index is -0.571. The van der Waals surface area contributed by atoms with E-state index >= 15 is 0 Å². The SMILES string of the molecule is O=C(CSc1cccc(NC(=O)/C(=C\c2cccc(Cl)c2Cl)NC(=O)c2ccccc2)c1)Nc1ccc2c(c1)OCCO2. The molecule has 0 fully saturated rings. The molecule has 0 spiro atoms. The Labute approximate surface area is 262 Å². The summed E-state index contributed by atoms with van der Waals surface area (Å²) in [6, 6.07) is 25.8. The zero-order valence-corrected chi connectivity index (χ0v) is 24.9. The quantitative estimate of drug-likeness (QED) is 0.137. The second-order valence-corrected chi connectivity index (χ2v) is 11.0. The van der Waals surface area contributed by atoms with E-state index in [0.717, 1.165) is 4.90 Å². The third-order valence-corrected chi connectivity index (χ3v) is 7.93. The van der Waals surface area contributed by atoms with Crippen molar-refractivity contribution in [2.24, 2.45) is 0 Å². The van der Waals surface area contributed by atoms with Gasteiger partial charge in [0.05, 0.1) is 15.8 Å². The lowest BCUT2D eigenvalue weighted by Crippen LogP contribution is -2.30. The summed E-state index contributed by atoms with van der Waals surface area (Å²) >= 11 is 13.8. The first-order valence-electron chi connectivity index (χ1n) is 13.1. The predicted octanol–water partition coefficient (Wildman–Crippen LogP) is 6.91. The molecule has 0 saturated carbocycles. The van der Waals surface area contributed by atoms with E-state index in [9.17, 15) is 14.4 Å². The minimum Gasteiger partial charge on any atom is -0.486 e. The van der Waals surface area contributed by atoms with Gasteiger partial charge in [0.1, 0.15) is 18.9 Å². The van der Waals surface area contributed by atoms with E-state index in [1.54, 1.807) is 84.9 Å². The number of hydrogen-bond acceptors (Lipinski definition) is 6. The lowest BCUT2D eigenvalue weighted by atomic mass is 10.1. The molecular weight excluding hydrogens is 609 g/mol. The van der Waals surface area contributed by atoms with Gasteiger partial charge in [-0.1, -0.05) is 59.6 Å². The molecule has 3 N–H and O–H groups in total. The fourth-order valence-corrected chi connectivity index (χ4v) is 5.18. The first-order chi connectivity index (χ1) is 20.9. The third kappa shape index (κ3) is 8.10. The molecule has 5 rings (SSSR count). The Kier molecular flexibility index (Phi) is 9.88. The molecule has 0 radical (unpaired) electrons. The normalized spacial score (nSPS) is 12.3. The average molecular weight is 635 g/mol. The number of carbonyl (C=O) groups excluding carboxylic acids is 3. The highest BCUT2D eigenvalue weighted by molar-refractivity contribution is 8.00. The van der Waals surface area contributed by atoms with Crippen LogP contribution < -0.4 is 25.4 Å². The van der Waals surface area contributed by atoms with Crippen LogP contribution in [0.3, 0.4) is 0 Å². The molecule has 8 nitrogen and oxygen atoms in total. The first-order valence-corrected chi connectivity index (χ1v) is 14.9. The molecule has 0 bridgehead atoms. The molecule has 4 aromatic rings. The van der Waals surface area contributed by atoms with Crippen molar-refractivity contribution in [3.8, 4) is 11.5 Å². The fraction of sp³-hybridized carbons (Fsp3) is 0.0938. The summed E-state index contributed by atoms with van der Waals surface area (Å²) in [5.74, 6) is 0.129. The molecule has 3 amide bonds. The smallest absolute Gasteiger partial charge is 0.272 e. The van der Waals surface area contributed by atoms with Gasteiger partial charge in [-0.15, -0.1) is 11.8 Å². The van der Waals surface area contributed by atoms with Gasteiger partial charge >= 0.3 is 0 Å². The number of ether oxygens (including phenoxy) is 2. The standard InChI is InChI=1S/C32H25Cl2N3O5S/c33-25-11-4-8-21(30(25)34)16-26(37-31(39)20-6-2-1-3-7-20)32(40)36-22-9-5-10-24(17-22)43-19-29(38)35-23-12-13-27-28(18-23)42-15-14-41-27/h1-13,16-18H,14-15,19H2,(H,35,38)(H,36,40)(H,37,39)/b26-16+. The summed E-state index contributed by atoms with van der Waals surface area (Å²) in [6.07, 6.45) is 1.46. The Hall–Kier alpha value is -4.44. The van der Waals surface area contributed by atoms with Crippen LogP contribution in [0.2, 0.25) is 10.0 Å². The van der Waals surface area contributed by atoms with Crippen LogP contribution in [0.4, 0.5) is 11.4 Å². The third-order valence-electron chi connectivity index (χ3n) is 6.10. The van der Waals surface area contributed by atoms with Crippen LogP contribution >= 0.6 is 35.0 Å². The number of amides is 3. The van der Waals surface area contributed by atoms with Gasteiger partial charge in [0, 0.05) is 27.9 Å². The van der Waals surface area contributed by atoms with E-state index < -0.39 is 11.8 Å². The van der Waals surface area contributed by atoms with Crippen molar-refractivity contribution in [2.45, 2.75) is 4.90 Å². The zero-order valence-electron chi connectivity index (χ0n) is 22.6. The highest BCUT2D eigenvalue weighted by Crippen LogP contribution is 2.33. The van der Waals surface area contributed by atoms with Gasteiger partial charge in [0.2, 0.25) is 5.91 Å². The highest BCUT2D eigenvalue weighted by atomic mass is 35.5. The number of thioether (sulfide) groups is 1. The molecule has 0 aliphatic carbocycles. The Bertz CT molecular complexity index is 1700. The maximum atomic E-state index is 13.4. The average Bonchev–Trinajstić information content (AvgIpc) is 3.02. The van der Waals surface area contributed by atoms with E-state index in [1.807, 2.05) is 6.07 Å². The van der Waals surface area contributed by atoms with Crippen LogP contribution in [-0.4, -0.2) is 36.7 Å². The topological polar surface area (TPSA) is 106 Å². The Morgan fingerprint density at radius 2 is 1.53 bits per heavy atom. The van der Waals surface area contributed by atoms with Crippen LogP contribution in [0, 0.1) is 0 Å². The van der Waals surface area contributed by atoms with Crippen molar-refractivity contribution in [1.82, 2.24) is 5.32 Å². The molecule has 4 aromatic carbocycles. The summed E-state index contributed by atoms with van der Waals surface area (Å²) in [5, 5.41) is 8.90. The van der Waals surface area contributed by atoms with Crippen LogP contribution in [0.15, 0.2) is 102 Å². The second-order valence-electron chi connectivity index (χ2n) is 9.20. The largest absolute Gasteiger partial charge is 0.486 e. The summed E-state index contributed by atoms with van der Waals surface area (Å²) in [5.41, 5.74) is 1.88. The van der Waals surface area contributed by atoms with E-state index in [1.165, 1.54) is 17.8 Å². The monoisotopic (exact) mass is 633 g/mol. The number of halogens is 2. The molecule has 218 valence electrons. The summed E-state index contributed by atoms with van der Waals surface area (Å²) in [4.78, 5) is 39.7. The first kappa shape index (κ1) is 30.0. The van der Waals surface area contributed by atoms with E-state index in [4.69, 9.17) is 32.7 Å². The number of rotatable bonds is 9. The molecule has 0 unspecified atom stereocenters. The summed E-state index contributed by atoms with van der Waals surface area (Å²) < 4.78 is 11.1. The van der Waals surface area contributed by atoms with Gasteiger partial charge in [-0.05, 0) is 60.2 Å². The van der Waals surface area contributed by atoms with Gasteiger partial charge in [0.15, 0.2) is 11.5 Å². The number of hydrogen-bond donors (Lipinski definition) is 3. The van der Waals surface area contributed by atoms with Crippen molar-refractivity contribution in [3.63, 3.8) is 0 Å². The predicted molar refractivity (Wildman–Crippen MR) is 170 cm³/mol. The maximum absolute atomic E-state index is 13.4. The lowest BCUT2D eigenvalue weighted by Gasteiger charge is -2.19. The van der Waals surface area contributed by atoms with Gasteiger partial charge < -0.3 is 25.4 Å². The van der Waals surface area contributed by atoms with Crippen molar-refractivity contribution in [2.75, 3.05) is 29.6 Å². The Balaban J connectivity index is 1.26. The van der Waals surface area contributed by atoms with Crippen molar-refractivity contribution >= 4 is 70.1 Å². The molecule has 1 aliphatic rings. The van der Waals surface area contributed by atoms with E-state index in [2.05, 4.69) is 16.0 Å². The number of nitrogens with one attached hydrogen (secondary N) is 3. The summed E-state index contributed by atoms with van der Waals surface area (Å²) in [7, 11) is 0. The fourth-order valence-electron chi connectivity index (χ4n) is 4.06. The zero-order chi connectivity index (χ0) is 30.2. The number of benzene rings is 4. The second kappa shape index (κ2) is 14.2. The van der Waals surface area contributed by atoms with Crippen molar-refractivity contribution in [1.29, 1.82) is 0 Å². The van der Waals surface area contributed by atoms with Crippen LogP contribution in [0.25, 0.3) is 6.08 Å². The Morgan fingerprint density at radius 1 is 0.791 bits per heavy atom.